The fourth-order valence-electron chi connectivity index (χ4n) is 8.18. The van der Waals surface area contributed by atoms with Gasteiger partial charge in [-0.25, -0.2) is 0 Å². The lowest BCUT2D eigenvalue weighted by Gasteiger charge is -2.61. The zero-order chi connectivity index (χ0) is 15.7. The molecule has 0 bridgehead atoms. The molecule has 5 aliphatic rings. The van der Waals surface area contributed by atoms with E-state index in [9.17, 15) is 0 Å². The molecule has 0 aromatic rings. The fourth-order valence-corrected chi connectivity index (χ4v) is 8.18. The molecule has 0 N–H and O–H groups in total. The van der Waals surface area contributed by atoms with Crippen LogP contribution in [0.4, 0.5) is 0 Å². The molecular weight excluding hydrogens is 284 g/mol. The molecule has 0 aromatic heterocycles. The second-order valence-electron chi connectivity index (χ2n) is 9.85. The van der Waals surface area contributed by atoms with E-state index >= 15 is 0 Å². The molecule has 2 nitrogen and oxygen atoms in total. The van der Waals surface area contributed by atoms with E-state index in [1.807, 2.05) is 0 Å². The number of hydrogen-bond donors (Lipinski definition) is 0. The quantitative estimate of drug-likeness (QED) is 0.614. The summed E-state index contributed by atoms with van der Waals surface area (Å²) in [5, 5.41) is 0. The molecule has 6 atom stereocenters. The topological polar surface area (TPSA) is 18.5 Å². The lowest BCUT2D eigenvalue weighted by molar-refractivity contribution is -0.247. The van der Waals surface area contributed by atoms with Gasteiger partial charge in [0.05, 0.1) is 13.2 Å². The number of rotatable bonds is 0. The molecule has 5 rings (SSSR count). The van der Waals surface area contributed by atoms with Gasteiger partial charge in [0.25, 0.3) is 0 Å². The molecule has 1 saturated heterocycles. The van der Waals surface area contributed by atoms with Gasteiger partial charge in [0, 0.05) is 11.8 Å². The van der Waals surface area contributed by atoms with Crippen molar-refractivity contribution in [1.82, 2.24) is 0 Å². The van der Waals surface area contributed by atoms with E-state index in [0.717, 1.165) is 43.3 Å². The van der Waals surface area contributed by atoms with Gasteiger partial charge in [-0.15, -0.1) is 0 Å². The summed E-state index contributed by atoms with van der Waals surface area (Å²) in [6.45, 7) is 6.82. The summed E-state index contributed by atoms with van der Waals surface area (Å²) < 4.78 is 12.5. The molecule has 0 unspecified atom stereocenters. The lowest BCUT2D eigenvalue weighted by atomic mass is 9.45. The van der Waals surface area contributed by atoms with Crippen molar-refractivity contribution in [3.05, 3.63) is 0 Å². The summed E-state index contributed by atoms with van der Waals surface area (Å²) in [4.78, 5) is 0. The Hall–Kier alpha value is -0.0800. The van der Waals surface area contributed by atoms with Crippen LogP contribution in [0.2, 0.25) is 0 Å². The van der Waals surface area contributed by atoms with Gasteiger partial charge in [0.1, 0.15) is 0 Å². The Labute approximate surface area is 141 Å². The summed E-state index contributed by atoms with van der Waals surface area (Å²) in [6.07, 6.45) is 14.2. The van der Waals surface area contributed by atoms with E-state index < -0.39 is 0 Å². The summed E-state index contributed by atoms with van der Waals surface area (Å²) in [5.74, 6) is 3.58. The van der Waals surface area contributed by atoms with Crippen LogP contribution in [0.25, 0.3) is 0 Å². The van der Waals surface area contributed by atoms with Crippen LogP contribution in [0.3, 0.4) is 0 Å². The van der Waals surface area contributed by atoms with E-state index in [0.29, 0.717) is 5.41 Å². The van der Waals surface area contributed by atoms with Crippen molar-refractivity contribution >= 4 is 0 Å². The van der Waals surface area contributed by atoms with Crippen LogP contribution in [0.15, 0.2) is 0 Å². The number of hydrogen-bond acceptors (Lipinski definition) is 2. The molecule has 0 radical (unpaired) electrons. The summed E-state index contributed by atoms with van der Waals surface area (Å²) in [6, 6.07) is 0. The highest BCUT2D eigenvalue weighted by Gasteiger charge is 2.66. The Morgan fingerprint density at radius 3 is 2.35 bits per heavy atom. The Morgan fingerprint density at radius 1 is 0.739 bits per heavy atom. The molecule has 4 aliphatic carbocycles. The molecule has 5 fully saturated rings. The van der Waals surface area contributed by atoms with Gasteiger partial charge in [0.15, 0.2) is 5.79 Å². The summed E-state index contributed by atoms with van der Waals surface area (Å²) in [5.41, 5.74) is 0.929. The summed E-state index contributed by atoms with van der Waals surface area (Å²) in [7, 11) is 0. The first-order chi connectivity index (χ1) is 11.1. The SMILES string of the molecule is C[C@@]12CCCC[C@@H]1CC[C@H]1[C@@H]2CC[C@]2(C)[C@H]1CCC21OCCO1. The van der Waals surface area contributed by atoms with Gasteiger partial charge in [-0.05, 0) is 74.0 Å². The molecule has 23 heavy (non-hydrogen) atoms. The molecule has 0 amide bonds. The highest BCUT2D eigenvalue weighted by molar-refractivity contribution is 5.12. The van der Waals surface area contributed by atoms with Crippen LogP contribution in [-0.4, -0.2) is 19.0 Å². The predicted molar refractivity (Wildman–Crippen MR) is 91.0 cm³/mol. The van der Waals surface area contributed by atoms with Gasteiger partial charge in [-0.1, -0.05) is 26.7 Å². The molecule has 1 aliphatic heterocycles. The van der Waals surface area contributed by atoms with Gasteiger partial charge in [-0.3, -0.25) is 0 Å². The second-order valence-corrected chi connectivity index (χ2v) is 9.85. The molecular formula is C21H34O2. The third kappa shape index (κ3) is 1.83. The first-order valence-electron chi connectivity index (χ1n) is 10.4. The van der Waals surface area contributed by atoms with Crippen LogP contribution in [-0.2, 0) is 9.47 Å². The fraction of sp³-hybridized carbons (Fsp3) is 1.00. The number of ether oxygens (including phenoxy) is 2. The Bertz CT molecular complexity index is 482. The van der Waals surface area contributed by atoms with Crippen LogP contribution >= 0.6 is 0 Å². The predicted octanol–water partition coefficient (Wildman–Crippen LogP) is 5.16. The monoisotopic (exact) mass is 318 g/mol. The molecule has 130 valence electrons. The van der Waals surface area contributed by atoms with Gasteiger partial charge in [0.2, 0.25) is 0 Å². The third-order valence-electron chi connectivity index (χ3n) is 9.38. The minimum Gasteiger partial charge on any atom is -0.347 e. The first kappa shape index (κ1) is 15.2. The minimum absolute atomic E-state index is 0.215. The van der Waals surface area contributed by atoms with Crippen LogP contribution in [0, 0.1) is 34.5 Å². The molecule has 4 saturated carbocycles. The molecule has 2 heteroatoms. The maximum absolute atomic E-state index is 6.26. The molecule has 0 aromatic carbocycles. The van der Waals surface area contributed by atoms with Gasteiger partial charge < -0.3 is 9.47 Å². The first-order valence-corrected chi connectivity index (χ1v) is 10.4. The maximum Gasteiger partial charge on any atom is 0.174 e. The zero-order valence-corrected chi connectivity index (χ0v) is 15.1. The highest BCUT2D eigenvalue weighted by Crippen LogP contribution is 2.69. The van der Waals surface area contributed by atoms with E-state index in [-0.39, 0.29) is 11.2 Å². The average molecular weight is 319 g/mol. The number of fused-ring (bicyclic) bond motifs is 6. The van der Waals surface area contributed by atoms with Crippen molar-refractivity contribution in [1.29, 1.82) is 0 Å². The largest absolute Gasteiger partial charge is 0.347 e. The van der Waals surface area contributed by atoms with E-state index in [1.54, 1.807) is 0 Å². The van der Waals surface area contributed by atoms with Crippen molar-refractivity contribution in [2.75, 3.05) is 13.2 Å². The Morgan fingerprint density at radius 2 is 1.52 bits per heavy atom. The molecule has 1 heterocycles. The van der Waals surface area contributed by atoms with Crippen molar-refractivity contribution in [2.24, 2.45) is 34.5 Å². The van der Waals surface area contributed by atoms with Crippen LogP contribution in [0.1, 0.15) is 78.1 Å². The van der Waals surface area contributed by atoms with Crippen molar-refractivity contribution in [2.45, 2.75) is 83.8 Å². The van der Waals surface area contributed by atoms with Crippen molar-refractivity contribution in [3.8, 4) is 0 Å². The average Bonchev–Trinajstić information content (AvgIpc) is 3.14. The Balaban J connectivity index is 1.47. The third-order valence-corrected chi connectivity index (χ3v) is 9.38. The maximum atomic E-state index is 6.26. The normalized spacial score (nSPS) is 54.5. The highest BCUT2D eigenvalue weighted by atomic mass is 16.7. The zero-order valence-electron chi connectivity index (χ0n) is 15.1. The Kier molecular flexibility index (Phi) is 3.29. The van der Waals surface area contributed by atoms with Crippen molar-refractivity contribution < 1.29 is 9.47 Å². The standard InChI is InChI=1S/C21H34O2/c1-19-10-4-3-5-15(19)6-7-16-17(19)8-11-20(2)18(16)9-12-21(20)22-13-14-23-21/h15-18H,3-14H2,1-2H3/t15-,16+,17+,18+,19-,20-/m1/s1. The smallest absolute Gasteiger partial charge is 0.174 e. The van der Waals surface area contributed by atoms with Gasteiger partial charge in [-0.2, -0.15) is 0 Å². The summed E-state index contributed by atoms with van der Waals surface area (Å²) >= 11 is 0. The van der Waals surface area contributed by atoms with Crippen LogP contribution < -0.4 is 0 Å². The van der Waals surface area contributed by atoms with E-state index in [4.69, 9.17) is 9.47 Å². The minimum atomic E-state index is -0.215. The van der Waals surface area contributed by atoms with Crippen LogP contribution in [0.5, 0.6) is 0 Å². The van der Waals surface area contributed by atoms with Crippen molar-refractivity contribution in [3.63, 3.8) is 0 Å². The lowest BCUT2D eigenvalue weighted by Crippen LogP contribution is -2.56. The van der Waals surface area contributed by atoms with Gasteiger partial charge >= 0.3 is 0 Å². The van der Waals surface area contributed by atoms with E-state index in [2.05, 4.69) is 13.8 Å². The van der Waals surface area contributed by atoms with E-state index in [1.165, 1.54) is 57.8 Å². The second kappa shape index (κ2) is 4.97. The molecule has 1 spiro atoms.